The van der Waals surface area contributed by atoms with E-state index in [9.17, 15) is 0 Å². The molecule has 0 N–H and O–H groups in total. The molecule has 0 atom stereocenters. The van der Waals surface area contributed by atoms with E-state index in [4.69, 9.17) is 9.15 Å². The number of benzene rings is 8. The molecule has 0 bridgehead atoms. The van der Waals surface area contributed by atoms with Gasteiger partial charge in [0.05, 0.1) is 22.4 Å². The predicted octanol–water partition coefficient (Wildman–Crippen LogP) is 13.1. The molecule has 4 nitrogen and oxygen atoms in total. The quantitative estimate of drug-likeness (QED) is 0.192. The van der Waals surface area contributed by atoms with Crippen LogP contribution in [0.1, 0.15) is 0 Å². The Morgan fingerprint density at radius 3 is 2.18 bits per heavy atom. The van der Waals surface area contributed by atoms with Gasteiger partial charge in [-0.3, -0.25) is 0 Å². The molecule has 0 spiro atoms. The fraction of sp³-hybridized carbons (Fsp3) is 0. The number of ether oxygens (including phenoxy) is 1. The van der Waals surface area contributed by atoms with Crippen LogP contribution in [0, 0.1) is 0 Å². The molecule has 4 heteroatoms. The van der Waals surface area contributed by atoms with Gasteiger partial charge in [0.1, 0.15) is 11.2 Å². The fourth-order valence-electron chi connectivity index (χ4n) is 7.89. The molecule has 0 unspecified atom stereocenters. The highest BCUT2D eigenvalue weighted by molar-refractivity contribution is 6.13. The molecule has 0 radical (unpaired) electrons. The van der Waals surface area contributed by atoms with Crippen molar-refractivity contribution in [3.63, 3.8) is 0 Å². The zero-order valence-electron chi connectivity index (χ0n) is 26.9. The summed E-state index contributed by atoms with van der Waals surface area (Å²) in [5.74, 6) is 1.75. The molecule has 3 heterocycles. The maximum Gasteiger partial charge on any atom is 0.152 e. The summed E-state index contributed by atoms with van der Waals surface area (Å²) >= 11 is 0. The van der Waals surface area contributed by atoms with Crippen LogP contribution in [0.25, 0.3) is 71.3 Å². The topological polar surface area (TPSA) is 30.5 Å². The van der Waals surface area contributed by atoms with Crippen LogP contribution in [0.4, 0.5) is 17.1 Å². The van der Waals surface area contributed by atoms with Crippen molar-refractivity contribution in [2.24, 2.45) is 0 Å². The molecule has 0 amide bonds. The number of para-hydroxylation sites is 5. The van der Waals surface area contributed by atoms with E-state index in [1.807, 2.05) is 24.3 Å². The lowest BCUT2D eigenvalue weighted by atomic mass is 9.99. The summed E-state index contributed by atoms with van der Waals surface area (Å²) < 4.78 is 15.1. The number of anilines is 3. The van der Waals surface area contributed by atoms with Gasteiger partial charge in [-0.05, 0) is 83.1 Å². The first-order valence-electron chi connectivity index (χ1n) is 16.9. The van der Waals surface area contributed by atoms with Crippen molar-refractivity contribution in [2.45, 2.75) is 0 Å². The second-order valence-corrected chi connectivity index (χ2v) is 13.0. The Hall–Kier alpha value is -6.78. The van der Waals surface area contributed by atoms with E-state index < -0.39 is 0 Å². The van der Waals surface area contributed by atoms with Crippen LogP contribution in [0.2, 0.25) is 0 Å². The van der Waals surface area contributed by atoms with Gasteiger partial charge in [-0.25, -0.2) is 0 Å². The third kappa shape index (κ3) is 3.93. The molecule has 50 heavy (non-hydrogen) atoms. The maximum absolute atomic E-state index is 6.40. The van der Waals surface area contributed by atoms with Gasteiger partial charge in [-0.1, -0.05) is 97.1 Å². The Kier molecular flexibility index (Phi) is 5.63. The van der Waals surface area contributed by atoms with Crippen LogP contribution in [0.15, 0.2) is 174 Å². The second-order valence-electron chi connectivity index (χ2n) is 13.0. The summed E-state index contributed by atoms with van der Waals surface area (Å²) in [6, 6.07) is 60.2. The maximum atomic E-state index is 6.40. The van der Waals surface area contributed by atoms with Gasteiger partial charge in [0.25, 0.3) is 0 Å². The van der Waals surface area contributed by atoms with E-state index in [0.29, 0.717) is 0 Å². The standard InChI is InChI=1S/C46H28N2O2/c1-2-11-30-26-32(22-20-29(30)10-1)47(33-23-24-36-35-13-4-7-17-42(35)49-45(36)28-33)39-15-5-3-12-34(39)31-21-25-40-38(27-31)37-14-9-19-44-46(37)48(40)41-16-6-8-18-43(41)50-44/h1-28H. The molecule has 0 fully saturated rings. The molecule has 234 valence electrons. The molecule has 0 saturated heterocycles. The minimum Gasteiger partial charge on any atom is -0.456 e. The van der Waals surface area contributed by atoms with Crippen molar-refractivity contribution in [3.05, 3.63) is 170 Å². The van der Waals surface area contributed by atoms with Crippen LogP contribution in [0.3, 0.4) is 0 Å². The first kappa shape index (κ1) is 27.2. The Bertz CT molecular complexity index is 2990. The normalized spacial score (nSPS) is 12.2. The van der Waals surface area contributed by atoms with Crippen LogP contribution >= 0.6 is 0 Å². The molecular formula is C46H28N2O2. The van der Waals surface area contributed by atoms with E-state index >= 15 is 0 Å². The van der Waals surface area contributed by atoms with E-state index in [1.165, 1.54) is 21.5 Å². The summed E-state index contributed by atoms with van der Waals surface area (Å²) in [6.07, 6.45) is 0. The predicted molar refractivity (Wildman–Crippen MR) is 206 cm³/mol. The lowest BCUT2D eigenvalue weighted by Crippen LogP contribution is -2.11. The van der Waals surface area contributed by atoms with Gasteiger partial charge in [0.15, 0.2) is 11.5 Å². The van der Waals surface area contributed by atoms with E-state index in [1.54, 1.807) is 0 Å². The first-order chi connectivity index (χ1) is 24.8. The first-order valence-corrected chi connectivity index (χ1v) is 16.9. The lowest BCUT2D eigenvalue weighted by molar-refractivity contribution is 0.476. The number of rotatable bonds is 4. The minimum absolute atomic E-state index is 0.866. The van der Waals surface area contributed by atoms with Gasteiger partial charge in [0.2, 0.25) is 0 Å². The average Bonchev–Trinajstić information content (AvgIpc) is 3.71. The summed E-state index contributed by atoms with van der Waals surface area (Å²) in [7, 11) is 0. The van der Waals surface area contributed by atoms with Crippen molar-refractivity contribution < 1.29 is 9.15 Å². The van der Waals surface area contributed by atoms with Crippen LogP contribution in [-0.2, 0) is 0 Å². The second kappa shape index (κ2) is 10.4. The molecule has 2 aromatic heterocycles. The molecular weight excluding hydrogens is 613 g/mol. The Balaban J connectivity index is 1.14. The van der Waals surface area contributed by atoms with E-state index in [2.05, 4.69) is 155 Å². The largest absolute Gasteiger partial charge is 0.456 e. The summed E-state index contributed by atoms with van der Waals surface area (Å²) in [6.45, 7) is 0. The van der Waals surface area contributed by atoms with Gasteiger partial charge in [-0.15, -0.1) is 0 Å². The Labute approximate surface area is 287 Å². The van der Waals surface area contributed by atoms with Crippen LogP contribution in [0.5, 0.6) is 11.5 Å². The van der Waals surface area contributed by atoms with Gasteiger partial charge < -0.3 is 18.6 Å². The molecule has 0 saturated carbocycles. The third-order valence-corrected chi connectivity index (χ3v) is 10.1. The van der Waals surface area contributed by atoms with Crippen molar-refractivity contribution in [1.29, 1.82) is 0 Å². The van der Waals surface area contributed by atoms with Gasteiger partial charge in [-0.2, -0.15) is 0 Å². The number of fused-ring (bicyclic) bond motifs is 9. The van der Waals surface area contributed by atoms with E-state index in [0.717, 1.165) is 78.3 Å². The molecule has 0 aliphatic carbocycles. The summed E-state index contributed by atoms with van der Waals surface area (Å²) in [5.41, 5.74) is 10.5. The number of hydrogen-bond acceptors (Lipinski definition) is 3. The molecule has 1 aliphatic rings. The average molecular weight is 641 g/mol. The molecule has 11 rings (SSSR count). The molecule has 1 aliphatic heterocycles. The zero-order chi connectivity index (χ0) is 32.8. The summed E-state index contributed by atoms with van der Waals surface area (Å²) in [4.78, 5) is 2.36. The third-order valence-electron chi connectivity index (χ3n) is 10.1. The highest BCUT2D eigenvalue weighted by Crippen LogP contribution is 2.48. The Morgan fingerprint density at radius 1 is 0.460 bits per heavy atom. The van der Waals surface area contributed by atoms with Crippen molar-refractivity contribution in [3.8, 4) is 28.3 Å². The van der Waals surface area contributed by atoms with Gasteiger partial charge >= 0.3 is 0 Å². The van der Waals surface area contributed by atoms with Crippen LogP contribution in [-0.4, -0.2) is 4.57 Å². The lowest BCUT2D eigenvalue weighted by Gasteiger charge is -2.28. The monoisotopic (exact) mass is 640 g/mol. The van der Waals surface area contributed by atoms with Gasteiger partial charge in [0, 0.05) is 44.5 Å². The number of furan rings is 1. The number of hydrogen-bond donors (Lipinski definition) is 0. The fourth-order valence-corrected chi connectivity index (χ4v) is 7.89. The van der Waals surface area contributed by atoms with Crippen molar-refractivity contribution in [2.75, 3.05) is 4.90 Å². The molecule has 8 aromatic carbocycles. The van der Waals surface area contributed by atoms with Crippen molar-refractivity contribution in [1.82, 2.24) is 4.57 Å². The smallest absolute Gasteiger partial charge is 0.152 e. The zero-order valence-corrected chi connectivity index (χ0v) is 26.9. The van der Waals surface area contributed by atoms with E-state index in [-0.39, 0.29) is 0 Å². The minimum atomic E-state index is 0.866. The molecule has 10 aromatic rings. The Morgan fingerprint density at radius 2 is 1.20 bits per heavy atom. The van der Waals surface area contributed by atoms with Crippen LogP contribution < -0.4 is 9.64 Å². The SMILES string of the molecule is c1ccc2c(c1)Oc1cccc3c4cc(-c5ccccc5N(c5ccc6ccccc6c5)c5ccc6c(c5)oc5ccccc56)ccc4n-2c13. The summed E-state index contributed by atoms with van der Waals surface area (Å²) in [5, 5.41) is 7.00. The van der Waals surface area contributed by atoms with Crippen molar-refractivity contribution >= 4 is 71.6 Å². The number of nitrogens with zero attached hydrogens (tertiary/aromatic N) is 2. The highest BCUT2D eigenvalue weighted by atomic mass is 16.5. The highest BCUT2D eigenvalue weighted by Gasteiger charge is 2.25. The number of aromatic nitrogens is 1.